The molecule has 0 heterocycles. The molecule has 0 aliphatic heterocycles. The van der Waals surface area contributed by atoms with Crippen LogP contribution in [0.5, 0.6) is 5.75 Å². The number of carboxylic acid groups (broad SMARTS) is 1. The van der Waals surface area contributed by atoms with Crippen LogP contribution in [0.25, 0.3) is 0 Å². The maximum Gasteiger partial charge on any atom is 0.323 e. The molecule has 7 heteroatoms. The number of nitro benzene ring substituents is 1. The molecule has 0 spiro atoms. The van der Waals surface area contributed by atoms with Crippen molar-refractivity contribution in [3.8, 4) is 5.75 Å². The van der Waals surface area contributed by atoms with Crippen molar-refractivity contribution in [1.29, 1.82) is 0 Å². The second-order valence-corrected chi connectivity index (χ2v) is 4.71. The Morgan fingerprint density at radius 1 is 1.55 bits per heavy atom. The molecule has 7 nitrogen and oxygen atoms in total. The molecule has 0 saturated carbocycles. The Hall–Kier alpha value is -2.15. The van der Waals surface area contributed by atoms with E-state index in [9.17, 15) is 14.9 Å². The largest absolute Gasteiger partial charge is 0.487 e. The molecule has 1 unspecified atom stereocenters. The number of nitrogens with one attached hydrogen (secondary N) is 1. The van der Waals surface area contributed by atoms with Gasteiger partial charge in [0.15, 0.2) is 5.75 Å². The summed E-state index contributed by atoms with van der Waals surface area (Å²) in [6.07, 6.45) is 0.184. The van der Waals surface area contributed by atoms with Crippen molar-refractivity contribution in [1.82, 2.24) is 5.32 Å². The topological polar surface area (TPSA) is 102 Å². The van der Waals surface area contributed by atoms with Gasteiger partial charge in [-0.3, -0.25) is 14.9 Å². The van der Waals surface area contributed by atoms with E-state index in [1.165, 1.54) is 13.0 Å². The lowest BCUT2D eigenvalue weighted by Gasteiger charge is -2.23. The van der Waals surface area contributed by atoms with Crippen LogP contribution in [0.3, 0.4) is 0 Å². The Balaban J connectivity index is 2.78. The van der Waals surface area contributed by atoms with E-state index in [4.69, 9.17) is 9.84 Å². The summed E-state index contributed by atoms with van der Waals surface area (Å²) >= 11 is 0. The molecule has 20 heavy (non-hydrogen) atoms. The highest BCUT2D eigenvalue weighted by molar-refractivity contribution is 5.78. The van der Waals surface area contributed by atoms with Crippen LogP contribution in [0, 0.1) is 17.0 Å². The van der Waals surface area contributed by atoms with E-state index in [0.717, 1.165) is 5.56 Å². The molecule has 0 bridgehead atoms. The zero-order chi connectivity index (χ0) is 15.3. The molecular formula is C13H18N2O5. The third kappa shape index (κ3) is 3.67. The Morgan fingerprint density at radius 3 is 2.70 bits per heavy atom. The summed E-state index contributed by atoms with van der Waals surface area (Å²) in [5, 5.41) is 22.7. The summed E-state index contributed by atoms with van der Waals surface area (Å²) in [4.78, 5) is 21.4. The summed E-state index contributed by atoms with van der Waals surface area (Å²) in [6, 6.07) is 4.56. The second-order valence-electron chi connectivity index (χ2n) is 4.71. The zero-order valence-corrected chi connectivity index (χ0v) is 11.7. The van der Waals surface area contributed by atoms with Gasteiger partial charge in [-0.25, -0.2) is 0 Å². The summed E-state index contributed by atoms with van der Waals surface area (Å²) in [5.74, 6) is -0.846. The predicted octanol–water partition coefficient (Wildman–Crippen LogP) is 1.73. The number of nitrogens with zero attached hydrogens (tertiary/aromatic N) is 1. The van der Waals surface area contributed by atoms with Gasteiger partial charge in [-0.15, -0.1) is 0 Å². The van der Waals surface area contributed by atoms with Gasteiger partial charge in [0, 0.05) is 12.5 Å². The highest BCUT2D eigenvalue weighted by atomic mass is 16.6. The molecule has 2 N–H and O–H groups in total. The predicted molar refractivity (Wildman–Crippen MR) is 73.0 cm³/mol. The molecular weight excluding hydrogens is 264 g/mol. The first-order valence-corrected chi connectivity index (χ1v) is 6.10. The highest BCUT2D eigenvalue weighted by Gasteiger charge is 2.31. The quantitative estimate of drug-likeness (QED) is 0.583. The number of hydrogen-bond acceptors (Lipinski definition) is 5. The molecule has 0 aromatic heterocycles. The summed E-state index contributed by atoms with van der Waals surface area (Å²) in [5.41, 5.74) is -0.421. The van der Waals surface area contributed by atoms with E-state index < -0.39 is 16.4 Å². The van der Waals surface area contributed by atoms with Crippen molar-refractivity contribution in [2.45, 2.75) is 25.8 Å². The Morgan fingerprint density at radius 2 is 2.20 bits per heavy atom. The number of aliphatic carboxylic acids is 1. The normalized spacial score (nSPS) is 13.6. The SMILES string of the molecule is CNC(C)(CCOc1cc(C)ccc1[N+](=O)[O-])C(=O)O. The second kappa shape index (κ2) is 6.33. The van der Waals surface area contributed by atoms with Crippen LogP contribution in [-0.2, 0) is 4.79 Å². The van der Waals surface area contributed by atoms with E-state index in [0.29, 0.717) is 0 Å². The molecule has 0 aliphatic carbocycles. The number of nitro groups is 1. The zero-order valence-electron chi connectivity index (χ0n) is 11.7. The molecule has 110 valence electrons. The number of carbonyl (C=O) groups is 1. The van der Waals surface area contributed by atoms with Crippen molar-refractivity contribution in [3.05, 3.63) is 33.9 Å². The summed E-state index contributed by atoms with van der Waals surface area (Å²) in [6.45, 7) is 3.39. The molecule has 0 amide bonds. The molecule has 0 saturated heterocycles. The van der Waals surface area contributed by atoms with Gasteiger partial charge in [0.2, 0.25) is 0 Å². The van der Waals surface area contributed by atoms with Crippen LogP contribution in [0.1, 0.15) is 18.9 Å². The first-order valence-electron chi connectivity index (χ1n) is 6.10. The number of benzene rings is 1. The number of hydrogen-bond donors (Lipinski definition) is 2. The van der Waals surface area contributed by atoms with Gasteiger partial charge in [-0.1, -0.05) is 6.07 Å². The standard InChI is InChI=1S/C13H18N2O5/c1-9-4-5-10(15(18)19)11(8-9)20-7-6-13(2,14-3)12(16)17/h4-5,8,14H,6-7H2,1-3H3,(H,16,17). The third-order valence-electron chi connectivity index (χ3n) is 3.20. The van der Waals surface area contributed by atoms with Crippen LogP contribution in [0.2, 0.25) is 0 Å². The van der Waals surface area contributed by atoms with Crippen molar-refractivity contribution < 1.29 is 19.6 Å². The molecule has 1 atom stereocenters. The van der Waals surface area contributed by atoms with Gasteiger partial charge >= 0.3 is 11.7 Å². The van der Waals surface area contributed by atoms with Gasteiger partial charge in [-0.2, -0.15) is 0 Å². The number of rotatable bonds is 7. The van der Waals surface area contributed by atoms with Gasteiger partial charge in [0.25, 0.3) is 0 Å². The fourth-order valence-corrected chi connectivity index (χ4v) is 1.59. The number of likely N-dealkylation sites (N-methyl/N-ethyl adjacent to an activating group) is 1. The van der Waals surface area contributed by atoms with E-state index in [1.54, 1.807) is 26.1 Å². The van der Waals surface area contributed by atoms with Crippen LogP contribution in [0.15, 0.2) is 18.2 Å². The minimum Gasteiger partial charge on any atom is -0.487 e. The lowest BCUT2D eigenvalue weighted by Crippen LogP contribution is -2.48. The first-order chi connectivity index (χ1) is 9.30. The molecule has 1 aromatic carbocycles. The van der Waals surface area contributed by atoms with Gasteiger partial charge in [-0.05, 0) is 32.5 Å². The third-order valence-corrected chi connectivity index (χ3v) is 3.20. The summed E-state index contributed by atoms with van der Waals surface area (Å²) in [7, 11) is 1.54. The van der Waals surface area contributed by atoms with E-state index >= 15 is 0 Å². The maximum absolute atomic E-state index is 11.1. The maximum atomic E-state index is 11.1. The van der Waals surface area contributed by atoms with Crippen molar-refractivity contribution >= 4 is 11.7 Å². The minimum absolute atomic E-state index is 0.0634. The van der Waals surface area contributed by atoms with E-state index in [2.05, 4.69) is 5.32 Å². The Bertz CT molecular complexity index is 517. The Labute approximate surface area is 116 Å². The molecule has 0 aliphatic rings. The fourth-order valence-electron chi connectivity index (χ4n) is 1.59. The smallest absolute Gasteiger partial charge is 0.323 e. The van der Waals surface area contributed by atoms with Crippen molar-refractivity contribution in [3.63, 3.8) is 0 Å². The first kappa shape index (κ1) is 15.9. The summed E-state index contributed by atoms with van der Waals surface area (Å²) < 4.78 is 5.38. The minimum atomic E-state index is -1.13. The average Bonchev–Trinajstić information content (AvgIpc) is 2.38. The van der Waals surface area contributed by atoms with Gasteiger partial charge in [0.05, 0.1) is 11.5 Å². The lowest BCUT2D eigenvalue weighted by atomic mass is 9.99. The molecule has 0 radical (unpaired) electrons. The lowest BCUT2D eigenvalue weighted by molar-refractivity contribution is -0.385. The van der Waals surface area contributed by atoms with Crippen LogP contribution >= 0.6 is 0 Å². The van der Waals surface area contributed by atoms with E-state index in [-0.39, 0.29) is 24.5 Å². The van der Waals surface area contributed by atoms with Crippen LogP contribution in [-0.4, -0.2) is 35.2 Å². The molecule has 0 fully saturated rings. The monoisotopic (exact) mass is 282 g/mol. The number of aryl methyl sites for hydroxylation is 1. The number of carboxylic acids is 1. The van der Waals surface area contributed by atoms with Crippen LogP contribution in [0.4, 0.5) is 5.69 Å². The molecule has 1 rings (SSSR count). The van der Waals surface area contributed by atoms with Gasteiger partial charge in [0.1, 0.15) is 5.54 Å². The molecule has 1 aromatic rings. The van der Waals surface area contributed by atoms with Gasteiger partial charge < -0.3 is 15.2 Å². The number of ether oxygens (including phenoxy) is 1. The van der Waals surface area contributed by atoms with Crippen molar-refractivity contribution in [2.24, 2.45) is 0 Å². The van der Waals surface area contributed by atoms with E-state index in [1.807, 2.05) is 0 Å². The Kier molecular flexibility index (Phi) is 5.04. The fraction of sp³-hybridized carbons (Fsp3) is 0.462. The van der Waals surface area contributed by atoms with Crippen LogP contribution < -0.4 is 10.1 Å². The van der Waals surface area contributed by atoms with Crippen molar-refractivity contribution in [2.75, 3.05) is 13.7 Å². The average molecular weight is 282 g/mol. The highest BCUT2D eigenvalue weighted by Crippen LogP contribution is 2.28.